The first-order chi connectivity index (χ1) is 15.7. The van der Waals surface area contributed by atoms with Crippen molar-refractivity contribution in [1.82, 2.24) is 0 Å². The second-order valence-corrected chi connectivity index (χ2v) is 8.51. The van der Waals surface area contributed by atoms with Gasteiger partial charge in [-0.05, 0) is 67.2 Å². The Morgan fingerprint density at radius 1 is 0.970 bits per heavy atom. The lowest BCUT2D eigenvalue weighted by molar-refractivity contribution is -0.248. The van der Waals surface area contributed by atoms with Gasteiger partial charge in [-0.3, -0.25) is 0 Å². The summed E-state index contributed by atoms with van der Waals surface area (Å²) in [5.41, 5.74) is 0.724. The highest BCUT2D eigenvalue weighted by Crippen LogP contribution is 2.38. The van der Waals surface area contributed by atoms with Gasteiger partial charge in [0.2, 0.25) is 0 Å². The SMILES string of the molecule is CCC[C@H]1CC[C@H](c2ccc(C(F)(F)OCCc3cc(F)c(OC(F)F)c(F)c3)cc2)CC1. The molecule has 0 radical (unpaired) electrons. The van der Waals surface area contributed by atoms with Gasteiger partial charge >= 0.3 is 12.7 Å². The Kier molecular flexibility index (Phi) is 8.68. The van der Waals surface area contributed by atoms with Crippen LogP contribution in [0, 0.1) is 17.6 Å². The van der Waals surface area contributed by atoms with Crippen molar-refractivity contribution < 1.29 is 35.8 Å². The monoisotopic (exact) mass is 474 g/mol. The third kappa shape index (κ3) is 6.88. The molecule has 0 N–H and O–H groups in total. The van der Waals surface area contributed by atoms with Gasteiger partial charge in [-0.15, -0.1) is 0 Å². The minimum absolute atomic E-state index is 0.0172. The summed E-state index contributed by atoms with van der Waals surface area (Å²) in [4.78, 5) is 0. The molecule has 8 heteroatoms. The van der Waals surface area contributed by atoms with Gasteiger partial charge in [0, 0.05) is 0 Å². The van der Waals surface area contributed by atoms with Gasteiger partial charge in [0.15, 0.2) is 17.4 Å². The number of ether oxygens (including phenoxy) is 2. The Morgan fingerprint density at radius 2 is 1.58 bits per heavy atom. The number of hydrogen-bond donors (Lipinski definition) is 0. The van der Waals surface area contributed by atoms with Crippen LogP contribution in [0.2, 0.25) is 0 Å². The van der Waals surface area contributed by atoms with Gasteiger partial charge in [-0.2, -0.15) is 17.6 Å². The van der Waals surface area contributed by atoms with Crippen molar-refractivity contribution in [1.29, 1.82) is 0 Å². The highest BCUT2D eigenvalue weighted by molar-refractivity contribution is 5.31. The lowest BCUT2D eigenvalue weighted by Crippen LogP contribution is -2.20. The Morgan fingerprint density at radius 3 is 2.12 bits per heavy atom. The Hall–Kier alpha value is -2.22. The molecule has 1 aliphatic rings. The predicted molar refractivity (Wildman–Crippen MR) is 113 cm³/mol. The maximum atomic E-state index is 14.5. The van der Waals surface area contributed by atoms with E-state index in [9.17, 15) is 26.3 Å². The molecular formula is C25H28F6O2. The van der Waals surface area contributed by atoms with E-state index < -0.39 is 36.7 Å². The molecule has 0 spiro atoms. The van der Waals surface area contributed by atoms with Gasteiger partial charge in [0.25, 0.3) is 0 Å². The molecule has 0 aromatic heterocycles. The zero-order valence-electron chi connectivity index (χ0n) is 18.4. The van der Waals surface area contributed by atoms with Crippen LogP contribution in [0.3, 0.4) is 0 Å². The lowest BCUT2D eigenvalue weighted by atomic mass is 9.77. The first-order valence-electron chi connectivity index (χ1n) is 11.2. The normalized spacial score (nSPS) is 19.2. The van der Waals surface area contributed by atoms with Crippen LogP contribution in [0.15, 0.2) is 36.4 Å². The fourth-order valence-electron chi connectivity index (χ4n) is 4.48. The third-order valence-electron chi connectivity index (χ3n) is 6.20. The van der Waals surface area contributed by atoms with Crippen LogP contribution in [-0.2, 0) is 17.3 Å². The van der Waals surface area contributed by atoms with E-state index in [0.717, 1.165) is 49.3 Å². The molecule has 3 rings (SSSR count). The first kappa shape index (κ1) is 25.4. The molecule has 2 aromatic carbocycles. The molecule has 0 unspecified atom stereocenters. The Balaban J connectivity index is 1.54. The number of alkyl halides is 4. The van der Waals surface area contributed by atoms with Gasteiger partial charge in [-0.1, -0.05) is 44.0 Å². The smallest absolute Gasteiger partial charge is 0.387 e. The van der Waals surface area contributed by atoms with Crippen LogP contribution in [0.4, 0.5) is 26.3 Å². The predicted octanol–water partition coefficient (Wildman–Crippen LogP) is 7.95. The van der Waals surface area contributed by atoms with Crippen LogP contribution in [0.1, 0.15) is 68.1 Å². The van der Waals surface area contributed by atoms with Crippen molar-refractivity contribution in [2.24, 2.45) is 5.92 Å². The van der Waals surface area contributed by atoms with Crippen LogP contribution < -0.4 is 4.74 Å². The summed E-state index contributed by atoms with van der Waals surface area (Å²) in [6.07, 6.45) is 3.05. The van der Waals surface area contributed by atoms with E-state index in [1.165, 1.54) is 25.0 Å². The molecule has 0 atom stereocenters. The fraction of sp³-hybridized carbons (Fsp3) is 0.520. The van der Waals surface area contributed by atoms with E-state index >= 15 is 0 Å². The van der Waals surface area contributed by atoms with E-state index in [1.807, 2.05) is 0 Å². The zero-order chi connectivity index (χ0) is 24.0. The molecule has 182 valence electrons. The van der Waals surface area contributed by atoms with E-state index in [2.05, 4.69) is 11.7 Å². The number of benzene rings is 2. The summed E-state index contributed by atoms with van der Waals surface area (Å²) in [6.45, 7) is -1.72. The molecule has 1 saturated carbocycles. The van der Waals surface area contributed by atoms with Crippen LogP contribution in [-0.4, -0.2) is 13.2 Å². The largest absolute Gasteiger partial charge is 0.429 e. The van der Waals surface area contributed by atoms with Gasteiger partial charge in [0.1, 0.15) is 0 Å². The van der Waals surface area contributed by atoms with Crippen molar-refractivity contribution in [3.63, 3.8) is 0 Å². The molecule has 0 saturated heterocycles. The van der Waals surface area contributed by atoms with Crippen LogP contribution >= 0.6 is 0 Å². The van der Waals surface area contributed by atoms with E-state index in [1.54, 1.807) is 12.1 Å². The van der Waals surface area contributed by atoms with Crippen LogP contribution in [0.25, 0.3) is 0 Å². The molecule has 0 bridgehead atoms. The highest BCUT2D eigenvalue weighted by Gasteiger charge is 2.33. The lowest BCUT2D eigenvalue weighted by Gasteiger charge is -2.29. The molecule has 0 heterocycles. The fourth-order valence-corrected chi connectivity index (χ4v) is 4.48. The van der Waals surface area contributed by atoms with E-state index in [4.69, 9.17) is 4.74 Å². The van der Waals surface area contributed by atoms with Gasteiger partial charge in [0.05, 0.1) is 12.2 Å². The summed E-state index contributed by atoms with van der Waals surface area (Å²) in [5, 5.41) is 0. The Bertz CT molecular complexity index is 869. The maximum Gasteiger partial charge on any atom is 0.387 e. The first-order valence-corrected chi connectivity index (χ1v) is 11.2. The van der Waals surface area contributed by atoms with E-state index in [0.29, 0.717) is 5.92 Å². The molecule has 2 nitrogen and oxygen atoms in total. The highest BCUT2D eigenvalue weighted by atomic mass is 19.3. The summed E-state index contributed by atoms with van der Waals surface area (Å²) in [5.74, 6) is -2.74. The minimum Gasteiger partial charge on any atom is -0.429 e. The quantitative estimate of drug-likeness (QED) is 0.325. The van der Waals surface area contributed by atoms with E-state index in [-0.39, 0.29) is 17.5 Å². The molecule has 0 aliphatic heterocycles. The number of rotatable bonds is 10. The standard InChI is InChI=1S/C25H28F6O2/c1-2-3-16-4-6-18(7-5-16)19-8-10-20(11-9-19)25(30,31)32-13-12-17-14-21(26)23(22(27)15-17)33-24(28)29/h8-11,14-16,18,24H,2-7,12-13H2,1H3/t16-,18-. The molecule has 2 aromatic rings. The van der Waals surface area contributed by atoms with Crippen molar-refractivity contribution in [3.05, 3.63) is 64.7 Å². The second-order valence-electron chi connectivity index (χ2n) is 8.51. The molecule has 1 fully saturated rings. The van der Waals surface area contributed by atoms with Crippen molar-refractivity contribution >= 4 is 0 Å². The third-order valence-corrected chi connectivity index (χ3v) is 6.20. The van der Waals surface area contributed by atoms with Gasteiger partial charge < -0.3 is 9.47 Å². The van der Waals surface area contributed by atoms with Crippen molar-refractivity contribution in [2.75, 3.05) is 6.61 Å². The van der Waals surface area contributed by atoms with Crippen molar-refractivity contribution in [3.8, 4) is 5.75 Å². The average Bonchev–Trinajstić information content (AvgIpc) is 2.77. The van der Waals surface area contributed by atoms with Gasteiger partial charge in [-0.25, -0.2) is 8.78 Å². The number of halogens is 6. The molecule has 1 aliphatic carbocycles. The van der Waals surface area contributed by atoms with Crippen LogP contribution in [0.5, 0.6) is 5.75 Å². The summed E-state index contributed by atoms with van der Waals surface area (Å²) >= 11 is 0. The summed E-state index contributed by atoms with van der Waals surface area (Å²) in [7, 11) is 0. The Labute approximate surface area is 189 Å². The summed E-state index contributed by atoms with van der Waals surface area (Å²) < 4.78 is 89.3. The minimum atomic E-state index is -3.58. The molecule has 0 amide bonds. The topological polar surface area (TPSA) is 18.5 Å². The zero-order valence-corrected chi connectivity index (χ0v) is 18.4. The number of hydrogen-bond acceptors (Lipinski definition) is 2. The average molecular weight is 474 g/mol. The summed E-state index contributed by atoms with van der Waals surface area (Å²) in [6, 6.07) is 7.64. The van der Waals surface area contributed by atoms with Crippen molar-refractivity contribution in [2.45, 2.75) is 70.5 Å². The molecule has 33 heavy (non-hydrogen) atoms. The second kappa shape index (κ2) is 11.3. The maximum absolute atomic E-state index is 14.5. The molecular weight excluding hydrogens is 446 g/mol.